The van der Waals surface area contributed by atoms with E-state index in [1.807, 2.05) is 93.9 Å². The zero-order valence-electron chi connectivity index (χ0n) is 37.7. The molecule has 65 heavy (non-hydrogen) atoms. The van der Waals surface area contributed by atoms with Crippen molar-refractivity contribution in [2.45, 2.75) is 84.5 Å². The number of amides is 3. The zero-order chi connectivity index (χ0) is 45.9. The van der Waals surface area contributed by atoms with Gasteiger partial charge >= 0.3 is 0 Å². The van der Waals surface area contributed by atoms with Crippen LogP contribution in [0.3, 0.4) is 0 Å². The number of hydrazone groups is 1. The Morgan fingerprint density at radius 2 is 1.72 bits per heavy atom. The molecule has 2 aliphatic heterocycles. The summed E-state index contributed by atoms with van der Waals surface area (Å²) in [6, 6.07) is 20.0. The average molecular weight is 908 g/mol. The monoisotopic (exact) mass is 907 g/mol. The number of likely N-dealkylation sites (tertiary alicyclic amines) is 2. The van der Waals surface area contributed by atoms with E-state index in [0.29, 0.717) is 62.6 Å². The first-order valence-corrected chi connectivity index (χ1v) is 23.2. The van der Waals surface area contributed by atoms with Crippen molar-refractivity contribution in [3.8, 4) is 27.5 Å². The van der Waals surface area contributed by atoms with Crippen molar-refractivity contribution in [1.82, 2.24) is 30.6 Å². The maximum absolute atomic E-state index is 13.9. The molecule has 0 aliphatic carbocycles. The maximum Gasteiger partial charge on any atom is 0.246 e. The van der Waals surface area contributed by atoms with E-state index in [-0.39, 0.29) is 42.7 Å². The lowest BCUT2D eigenvalue weighted by Crippen LogP contribution is -2.57. The van der Waals surface area contributed by atoms with Crippen molar-refractivity contribution in [3.05, 3.63) is 89.1 Å². The quantitative estimate of drug-likeness (QED) is 0.0262. The molecule has 0 spiro atoms. The number of rotatable bonds is 19. The smallest absolute Gasteiger partial charge is 0.246 e. The first-order valence-electron chi connectivity index (χ1n) is 22.3. The van der Waals surface area contributed by atoms with E-state index < -0.39 is 17.5 Å². The lowest BCUT2D eigenvalue weighted by atomic mass is 9.85. The molecule has 6 N–H and O–H groups in total. The number of amidine groups is 1. The number of piperidine rings is 1. The minimum Gasteiger partial charge on any atom is -0.490 e. The second-order valence-electron chi connectivity index (χ2n) is 17.7. The molecule has 2 aromatic heterocycles. The third kappa shape index (κ3) is 12.3. The molecule has 2 unspecified atom stereocenters. The summed E-state index contributed by atoms with van der Waals surface area (Å²) in [5.74, 6) is 6.28. The summed E-state index contributed by atoms with van der Waals surface area (Å²) in [4.78, 5) is 49.9. The molecule has 0 bridgehead atoms. The minimum atomic E-state index is -0.795. The molecule has 7 rings (SSSR count). The van der Waals surface area contributed by atoms with Gasteiger partial charge in [-0.15, -0.1) is 11.3 Å². The van der Waals surface area contributed by atoms with Crippen LogP contribution in [0.1, 0.15) is 69.7 Å². The number of hydrogen-bond donors (Lipinski definition) is 4. The van der Waals surface area contributed by atoms with Crippen LogP contribution < -0.4 is 26.9 Å². The second-order valence-corrected chi connectivity index (χ2v) is 18.5. The fourth-order valence-electron chi connectivity index (χ4n) is 8.23. The minimum absolute atomic E-state index is 0.0897. The van der Waals surface area contributed by atoms with Crippen LogP contribution in [0.2, 0.25) is 0 Å². The number of hydrogen-bond acceptors (Lipinski definition) is 13. The molecule has 2 saturated heterocycles. The van der Waals surface area contributed by atoms with Crippen molar-refractivity contribution in [2.75, 3.05) is 52.6 Å². The second kappa shape index (κ2) is 21.9. The standard InChI is InChI=1S/C48H61N9O7S/c1-31-43(65-30-52-31)33-12-10-32(11-13-33)29-51-46(59)40-9-6-19-57(40)47(60)44(48(2,3)4)53-41(58)18-23-61-25-26-62-24-22-56-20-16-36(17-21-56)63-37-8-5-7-34(27-37)42-38-28-35(45(49)54-50)14-15-39(38)55-64-42/h5,7-8,10-15,27-28,30,36,40,44H,6,9,16-26,29,50H2,1-4H3,(H2,49,54)(H,51,59)(H,53,58). The van der Waals surface area contributed by atoms with Crippen molar-refractivity contribution >= 4 is 45.8 Å². The summed E-state index contributed by atoms with van der Waals surface area (Å²) in [6.45, 7) is 12.7. The lowest BCUT2D eigenvalue weighted by molar-refractivity contribution is -0.144. The van der Waals surface area contributed by atoms with E-state index in [1.165, 1.54) is 0 Å². The van der Waals surface area contributed by atoms with Gasteiger partial charge in [0.1, 0.15) is 35.3 Å². The van der Waals surface area contributed by atoms with Crippen LogP contribution in [0, 0.1) is 12.3 Å². The highest BCUT2D eigenvalue weighted by molar-refractivity contribution is 7.13. The van der Waals surface area contributed by atoms with Crippen LogP contribution in [0.25, 0.3) is 32.7 Å². The third-order valence-corrected chi connectivity index (χ3v) is 12.9. The van der Waals surface area contributed by atoms with Gasteiger partial charge in [-0.25, -0.2) is 4.98 Å². The summed E-state index contributed by atoms with van der Waals surface area (Å²) in [5, 5.41) is 14.6. The molecule has 2 atom stereocenters. The van der Waals surface area contributed by atoms with Gasteiger partial charge in [-0.3, -0.25) is 14.4 Å². The van der Waals surface area contributed by atoms with Crippen LogP contribution >= 0.6 is 11.3 Å². The van der Waals surface area contributed by atoms with Crippen LogP contribution in [0.4, 0.5) is 0 Å². The molecule has 3 aromatic carbocycles. The van der Waals surface area contributed by atoms with Crippen LogP contribution in [0.5, 0.6) is 5.75 Å². The molecule has 0 saturated carbocycles. The lowest BCUT2D eigenvalue weighted by Gasteiger charge is -2.35. The first-order chi connectivity index (χ1) is 31.4. The normalized spacial score (nSPS) is 16.8. The highest BCUT2D eigenvalue weighted by Gasteiger charge is 2.41. The van der Waals surface area contributed by atoms with E-state index in [2.05, 4.69) is 30.8 Å². The number of fused-ring (bicyclic) bond motifs is 1. The Hall–Kier alpha value is -5.88. The van der Waals surface area contributed by atoms with Crippen LogP contribution in [0.15, 0.2) is 81.9 Å². The Balaban J connectivity index is 0.766. The number of aryl methyl sites for hydroxylation is 1. The van der Waals surface area contributed by atoms with Crippen LogP contribution in [-0.2, 0) is 30.4 Å². The summed E-state index contributed by atoms with van der Waals surface area (Å²) < 4.78 is 23.7. The molecule has 3 amide bonds. The number of nitrogens with two attached hydrogens (primary N) is 2. The summed E-state index contributed by atoms with van der Waals surface area (Å²) in [6.07, 6.45) is 3.26. The van der Waals surface area contributed by atoms with Gasteiger partial charge in [0.15, 0.2) is 5.76 Å². The van der Waals surface area contributed by atoms with Gasteiger partial charge in [-0.05, 0) is 79.5 Å². The fraction of sp³-hybridized carbons (Fsp3) is 0.458. The van der Waals surface area contributed by atoms with Crippen molar-refractivity contribution in [2.24, 2.45) is 22.1 Å². The number of nitrogens with one attached hydrogen (secondary N) is 2. The Morgan fingerprint density at radius 1 is 0.954 bits per heavy atom. The van der Waals surface area contributed by atoms with Gasteiger partial charge in [0.25, 0.3) is 0 Å². The van der Waals surface area contributed by atoms with E-state index in [4.69, 9.17) is 30.3 Å². The highest BCUT2D eigenvalue weighted by atomic mass is 32.1. The maximum atomic E-state index is 13.9. The topological polar surface area (TPSA) is 213 Å². The van der Waals surface area contributed by atoms with Crippen molar-refractivity contribution < 1.29 is 33.1 Å². The molecule has 346 valence electrons. The molecule has 17 heteroatoms. The van der Waals surface area contributed by atoms with E-state index in [9.17, 15) is 14.4 Å². The van der Waals surface area contributed by atoms with E-state index in [0.717, 1.165) is 70.9 Å². The molecule has 2 aliphatic rings. The Kier molecular flexibility index (Phi) is 15.8. The number of nitrogens with zero attached hydrogens (tertiary/aromatic N) is 5. The summed E-state index contributed by atoms with van der Waals surface area (Å²) >= 11 is 1.60. The summed E-state index contributed by atoms with van der Waals surface area (Å²) in [7, 11) is 0. The van der Waals surface area contributed by atoms with Gasteiger partial charge in [0.05, 0.1) is 47.9 Å². The number of carbonyl (C=O) groups excluding carboxylic acids is 3. The Morgan fingerprint density at radius 3 is 2.45 bits per heavy atom. The molecule has 5 aromatic rings. The predicted molar refractivity (Wildman–Crippen MR) is 251 cm³/mol. The number of carbonyl (C=O) groups is 3. The van der Waals surface area contributed by atoms with Crippen LogP contribution in [-0.4, -0.2) is 114 Å². The number of ether oxygens (including phenoxy) is 3. The third-order valence-electron chi connectivity index (χ3n) is 11.9. The SMILES string of the molecule is Cc1ncsc1-c1ccc(CNC(=O)C2CCCN2C(=O)C(NC(=O)CCOCCOCCN2CCC(Oc3cccc(-c4onc5ccc(/C(N)=N/N)cc45)c3)CC2)C(C)(C)C)cc1. The Labute approximate surface area is 384 Å². The van der Waals surface area contributed by atoms with Gasteiger partial charge in [0.2, 0.25) is 17.7 Å². The molecule has 2 fully saturated rings. The molecular formula is C48H61N9O7S. The van der Waals surface area contributed by atoms with Gasteiger partial charge in [0, 0.05) is 50.3 Å². The van der Waals surface area contributed by atoms with Crippen molar-refractivity contribution in [3.63, 3.8) is 0 Å². The number of benzene rings is 3. The largest absolute Gasteiger partial charge is 0.490 e. The van der Waals surface area contributed by atoms with Gasteiger partial charge in [-0.2, -0.15) is 5.10 Å². The molecule has 4 heterocycles. The molecular weight excluding hydrogens is 847 g/mol. The van der Waals surface area contributed by atoms with Gasteiger partial charge < -0.3 is 50.7 Å². The van der Waals surface area contributed by atoms with E-state index in [1.54, 1.807) is 22.3 Å². The Bertz CT molecular complexity index is 2420. The predicted octanol–water partition coefficient (Wildman–Crippen LogP) is 5.61. The zero-order valence-corrected chi connectivity index (χ0v) is 38.5. The average Bonchev–Trinajstić information content (AvgIpc) is 4.08. The number of aromatic nitrogens is 2. The highest BCUT2D eigenvalue weighted by Crippen LogP contribution is 2.33. The van der Waals surface area contributed by atoms with Crippen molar-refractivity contribution in [1.29, 1.82) is 0 Å². The number of thiazole rings is 1. The molecule has 16 nitrogen and oxygen atoms in total. The van der Waals surface area contributed by atoms with Gasteiger partial charge in [-0.1, -0.05) is 62.3 Å². The first kappa shape index (κ1) is 47.1. The fourth-order valence-corrected chi connectivity index (χ4v) is 9.04. The summed E-state index contributed by atoms with van der Waals surface area (Å²) in [5.41, 5.74) is 12.5. The molecule has 0 radical (unpaired) electrons. The van der Waals surface area contributed by atoms with E-state index >= 15 is 0 Å².